The number of amides is 1. The minimum absolute atomic E-state index is 0.209. The Morgan fingerprint density at radius 1 is 1.47 bits per heavy atom. The van der Waals surface area contributed by atoms with Gasteiger partial charge in [-0.25, -0.2) is 4.98 Å². The van der Waals surface area contributed by atoms with Crippen LogP contribution < -0.4 is 10.2 Å². The molecular weight excluding hydrogens is 242 g/mol. The molecule has 19 heavy (non-hydrogen) atoms. The average Bonchev–Trinajstić information content (AvgIpc) is 2.35. The number of nitrogens with one attached hydrogen (secondary N) is 1. The number of aliphatic hydroxyl groups is 1. The van der Waals surface area contributed by atoms with Gasteiger partial charge in [-0.1, -0.05) is 13.8 Å². The molecule has 0 saturated heterocycles. The number of aromatic nitrogens is 1. The Morgan fingerprint density at radius 3 is 2.74 bits per heavy atom. The van der Waals surface area contributed by atoms with Crippen molar-refractivity contribution in [1.29, 1.82) is 0 Å². The summed E-state index contributed by atoms with van der Waals surface area (Å²) in [6, 6.07) is 3.46. The van der Waals surface area contributed by atoms with E-state index in [1.807, 2.05) is 27.9 Å². The number of rotatable bonds is 6. The summed E-state index contributed by atoms with van der Waals surface area (Å²) in [7, 11) is 3.68. The monoisotopic (exact) mass is 265 g/mol. The zero-order valence-corrected chi connectivity index (χ0v) is 12.1. The van der Waals surface area contributed by atoms with Gasteiger partial charge in [-0.2, -0.15) is 0 Å². The van der Waals surface area contributed by atoms with Crippen molar-refractivity contribution in [2.24, 2.45) is 5.92 Å². The van der Waals surface area contributed by atoms with E-state index in [4.69, 9.17) is 0 Å². The molecule has 5 nitrogen and oxygen atoms in total. The number of aliphatic hydroxyl groups excluding tert-OH is 1. The van der Waals surface area contributed by atoms with E-state index >= 15 is 0 Å². The number of nitrogens with zero attached hydrogens (tertiary/aromatic N) is 2. The highest BCUT2D eigenvalue weighted by molar-refractivity contribution is 5.98. The molecule has 0 bridgehead atoms. The van der Waals surface area contributed by atoms with Crippen LogP contribution in [0.2, 0.25) is 0 Å². The van der Waals surface area contributed by atoms with Crippen molar-refractivity contribution in [3.8, 4) is 0 Å². The number of anilines is 1. The summed E-state index contributed by atoms with van der Waals surface area (Å²) in [5.74, 6) is 0.820. The Bertz CT molecular complexity index is 419. The van der Waals surface area contributed by atoms with Crippen LogP contribution in [0.1, 0.15) is 30.6 Å². The summed E-state index contributed by atoms with van der Waals surface area (Å²) in [5, 5.41) is 12.5. The number of hydrogen-bond donors (Lipinski definition) is 2. The summed E-state index contributed by atoms with van der Waals surface area (Å²) in [4.78, 5) is 18.0. The van der Waals surface area contributed by atoms with Gasteiger partial charge in [-0.15, -0.1) is 0 Å². The minimum atomic E-state index is -0.511. The molecule has 0 aromatic carbocycles. The molecule has 1 rings (SSSR count). The van der Waals surface area contributed by atoms with Gasteiger partial charge in [0.15, 0.2) is 0 Å². The summed E-state index contributed by atoms with van der Waals surface area (Å²) in [6.07, 6.45) is 1.82. The molecule has 106 valence electrons. The van der Waals surface area contributed by atoms with Gasteiger partial charge in [-0.3, -0.25) is 4.79 Å². The molecular formula is C14H23N3O2. The molecule has 1 aromatic heterocycles. The van der Waals surface area contributed by atoms with Crippen molar-refractivity contribution in [3.63, 3.8) is 0 Å². The van der Waals surface area contributed by atoms with Crippen LogP contribution in [0.25, 0.3) is 0 Å². The largest absolute Gasteiger partial charge is 0.391 e. The van der Waals surface area contributed by atoms with Crippen LogP contribution in [-0.2, 0) is 0 Å². The van der Waals surface area contributed by atoms with Crippen molar-refractivity contribution in [2.75, 3.05) is 25.5 Å². The first-order valence-corrected chi connectivity index (χ1v) is 6.50. The third kappa shape index (κ3) is 4.87. The van der Waals surface area contributed by atoms with Gasteiger partial charge in [0.2, 0.25) is 0 Å². The Balaban J connectivity index is 2.64. The van der Waals surface area contributed by atoms with Gasteiger partial charge < -0.3 is 15.3 Å². The van der Waals surface area contributed by atoms with Gasteiger partial charge in [0.1, 0.15) is 5.82 Å². The van der Waals surface area contributed by atoms with Crippen molar-refractivity contribution < 1.29 is 9.90 Å². The predicted octanol–water partition coefficient (Wildman–Crippen LogP) is 1.28. The van der Waals surface area contributed by atoms with Crippen LogP contribution in [0.4, 0.5) is 5.82 Å². The second kappa shape index (κ2) is 7.09. The van der Waals surface area contributed by atoms with E-state index in [-0.39, 0.29) is 12.5 Å². The molecule has 0 aliphatic heterocycles. The Morgan fingerprint density at radius 2 is 2.16 bits per heavy atom. The lowest BCUT2D eigenvalue weighted by molar-refractivity contribution is 0.0900. The van der Waals surface area contributed by atoms with Crippen molar-refractivity contribution in [3.05, 3.63) is 23.9 Å². The zero-order chi connectivity index (χ0) is 14.4. The second-order valence-electron chi connectivity index (χ2n) is 5.26. The van der Waals surface area contributed by atoms with E-state index in [0.717, 1.165) is 0 Å². The van der Waals surface area contributed by atoms with Gasteiger partial charge in [0, 0.05) is 26.8 Å². The summed E-state index contributed by atoms with van der Waals surface area (Å²) in [6.45, 7) is 4.34. The van der Waals surface area contributed by atoms with Crippen LogP contribution in [0.5, 0.6) is 0 Å². The Kier molecular flexibility index (Phi) is 5.76. The van der Waals surface area contributed by atoms with E-state index < -0.39 is 6.10 Å². The summed E-state index contributed by atoms with van der Waals surface area (Å²) >= 11 is 0. The van der Waals surface area contributed by atoms with Crippen LogP contribution in [0.15, 0.2) is 18.3 Å². The highest BCUT2D eigenvalue weighted by Crippen LogP contribution is 2.14. The molecule has 0 fully saturated rings. The van der Waals surface area contributed by atoms with Crippen molar-refractivity contribution >= 4 is 11.7 Å². The van der Waals surface area contributed by atoms with E-state index in [1.165, 1.54) is 0 Å². The Hall–Kier alpha value is -1.62. The maximum Gasteiger partial charge on any atom is 0.255 e. The molecule has 0 radical (unpaired) electrons. The first-order chi connectivity index (χ1) is 8.91. The van der Waals surface area contributed by atoms with Crippen LogP contribution >= 0.6 is 0 Å². The lowest BCUT2D eigenvalue weighted by Crippen LogP contribution is -2.33. The van der Waals surface area contributed by atoms with Gasteiger partial charge >= 0.3 is 0 Å². The quantitative estimate of drug-likeness (QED) is 0.813. The molecule has 1 heterocycles. The Labute approximate surface area is 114 Å². The summed E-state index contributed by atoms with van der Waals surface area (Å²) in [5.41, 5.74) is 0.518. The molecule has 1 amide bonds. The maximum atomic E-state index is 12.1. The third-order valence-electron chi connectivity index (χ3n) is 2.70. The predicted molar refractivity (Wildman–Crippen MR) is 76.4 cm³/mol. The van der Waals surface area contributed by atoms with Crippen molar-refractivity contribution in [2.45, 2.75) is 26.4 Å². The molecule has 1 unspecified atom stereocenters. The first-order valence-electron chi connectivity index (χ1n) is 6.50. The molecule has 0 spiro atoms. The standard InChI is InChI=1S/C14H23N3O2/c1-10(2)8-11(18)9-16-14(19)12-6-5-7-15-13(12)17(3)4/h5-7,10-11,18H,8-9H2,1-4H3,(H,16,19). The second-order valence-corrected chi connectivity index (χ2v) is 5.26. The van der Waals surface area contributed by atoms with Crippen LogP contribution in [0, 0.1) is 5.92 Å². The van der Waals surface area contributed by atoms with Gasteiger partial charge in [0.05, 0.1) is 11.7 Å². The van der Waals surface area contributed by atoms with Crippen LogP contribution in [0.3, 0.4) is 0 Å². The molecule has 5 heteroatoms. The fourth-order valence-electron chi connectivity index (χ4n) is 1.86. The molecule has 0 saturated carbocycles. The van der Waals surface area contributed by atoms with Crippen LogP contribution in [-0.4, -0.2) is 42.7 Å². The maximum absolute atomic E-state index is 12.1. The summed E-state index contributed by atoms with van der Waals surface area (Å²) < 4.78 is 0. The number of hydrogen-bond acceptors (Lipinski definition) is 4. The number of carbonyl (C=O) groups is 1. The smallest absolute Gasteiger partial charge is 0.255 e. The number of pyridine rings is 1. The molecule has 0 aliphatic rings. The zero-order valence-electron chi connectivity index (χ0n) is 12.1. The number of carbonyl (C=O) groups excluding carboxylic acids is 1. The van der Waals surface area contributed by atoms with Gasteiger partial charge in [0.25, 0.3) is 5.91 Å². The third-order valence-corrected chi connectivity index (χ3v) is 2.70. The fraction of sp³-hybridized carbons (Fsp3) is 0.571. The van der Waals surface area contributed by atoms with E-state index in [1.54, 1.807) is 23.2 Å². The lowest BCUT2D eigenvalue weighted by atomic mass is 10.1. The molecule has 2 N–H and O–H groups in total. The SMILES string of the molecule is CC(C)CC(O)CNC(=O)c1cccnc1N(C)C. The highest BCUT2D eigenvalue weighted by Gasteiger charge is 2.15. The molecule has 1 atom stereocenters. The van der Waals surface area contributed by atoms with Gasteiger partial charge in [-0.05, 0) is 24.5 Å². The fourth-order valence-corrected chi connectivity index (χ4v) is 1.86. The minimum Gasteiger partial charge on any atom is -0.391 e. The van der Waals surface area contributed by atoms with E-state index in [9.17, 15) is 9.90 Å². The van der Waals surface area contributed by atoms with E-state index in [0.29, 0.717) is 23.7 Å². The highest BCUT2D eigenvalue weighted by atomic mass is 16.3. The van der Waals surface area contributed by atoms with E-state index in [2.05, 4.69) is 10.3 Å². The normalized spacial score (nSPS) is 12.3. The first kappa shape index (κ1) is 15.4. The average molecular weight is 265 g/mol. The van der Waals surface area contributed by atoms with Crippen molar-refractivity contribution in [1.82, 2.24) is 10.3 Å². The molecule has 0 aliphatic carbocycles. The lowest BCUT2D eigenvalue weighted by Gasteiger charge is -2.17. The molecule has 1 aromatic rings. The topological polar surface area (TPSA) is 65.5 Å².